The topological polar surface area (TPSA) is 54.0 Å². The first kappa shape index (κ1) is 19.9. The Kier molecular flexibility index (Phi) is 5.68. The van der Waals surface area contributed by atoms with Crippen LogP contribution in [0.5, 0.6) is 0 Å². The van der Waals surface area contributed by atoms with Crippen LogP contribution in [0.2, 0.25) is 5.02 Å². The molecule has 0 atom stereocenters. The molecular weight excluding hydrogens is 394 g/mol. The number of pyridine rings is 1. The molecule has 0 spiro atoms. The van der Waals surface area contributed by atoms with Crippen molar-refractivity contribution in [2.24, 2.45) is 0 Å². The number of hydrogen-bond acceptors (Lipinski definition) is 3. The van der Waals surface area contributed by atoms with Crippen molar-refractivity contribution < 1.29 is 4.79 Å². The maximum Gasteiger partial charge on any atom is 0.255 e. The van der Waals surface area contributed by atoms with Crippen LogP contribution in [0.1, 0.15) is 27.2 Å². The van der Waals surface area contributed by atoms with Crippen LogP contribution in [-0.4, -0.2) is 10.9 Å². The summed E-state index contributed by atoms with van der Waals surface area (Å²) in [5, 5.41) is 8.20. The van der Waals surface area contributed by atoms with Crippen LogP contribution in [0.4, 0.5) is 11.4 Å². The van der Waals surface area contributed by atoms with Gasteiger partial charge in [0, 0.05) is 33.9 Å². The molecule has 1 heterocycles. The second kappa shape index (κ2) is 8.56. The number of carbonyl (C=O) groups is 1. The Labute approximate surface area is 180 Å². The van der Waals surface area contributed by atoms with Crippen LogP contribution in [0.3, 0.4) is 0 Å². The van der Waals surface area contributed by atoms with Gasteiger partial charge in [0.15, 0.2) is 0 Å². The van der Waals surface area contributed by atoms with Crippen LogP contribution in [-0.2, 0) is 6.54 Å². The Morgan fingerprint density at radius 2 is 1.73 bits per heavy atom. The molecule has 4 nitrogen and oxygen atoms in total. The lowest BCUT2D eigenvalue weighted by Gasteiger charge is -2.14. The van der Waals surface area contributed by atoms with Gasteiger partial charge in [0.2, 0.25) is 0 Å². The molecule has 0 fully saturated rings. The van der Waals surface area contributed by atoms with E-state index >= 15 is 0 Å². The molecule has 0 unspecified atom stereocenters. The zero-order chi connectivity index (χ0) is 21.1. The summed E-state index contributed by atoms with van der Waals surface area (Å²) in [6, 6.07) is 23.0. The summed E-state index contributed by atoms with van der Waals surface area (Å²) in [5.74, 6) is -0.157. The third kappa shape index (κ3) is 4.29. The summed E-state index contributed by atoms with van der Waals surface area (Å²) < 4.78 is 0. The predicted molar refractivity (Wildman–Crippen MR) is 124 cm³/mol. The van der Waals surface area contributed by atoms with Crippen molar-refractivity contribution in [3.63, 3.8) is 0 Å². The Morgan fingerprint density at radius 3 is 2.50 bits per heavy atom. The molecule has 5 heteroatoms. The molecule has 1 aromatic heterocycles. The van der Waals surface area contributed by atoms with E-state index in [4.69, 9.17) is 11.6 Å². The molecule has 0 aliphatic carbocycles. The highest BCUT2D eigenvalue weighted by atomic mass is 35.5. The van der Waals surface area contributed by atoms with Crippen LogP contribution in [0.25, 0.3) is 10.9 Å². The van der Waals surface area contributed by atoms with Gasteiger partial charge in [-0.2, -0.15) is 0 Å². The molecule has 3 aromatic carbocycles. The molecule has 0 saturated carbocycles. The number of nitrogens with one attached hydrogen (secondary N) is 2. The molecule has 0 bridgehead atoms. The number of hydrogen-bond donors (Lipinski definition) is 2. The Bertz CT molecular complexity index is 1220. The molecule has 2 N–H and O–H groups in total. The number of benzene rings is 3. The fourth-order valence-electron chi connectivity index (χ4n) is 3.35. The first-order valence-electron chi connectivity index (χ1n) is 9.77. The fourth-order valence-corrected chi connectivity index (χ4v) is 3.55. The van der Waals surface area contributed by atoms with Crippen molar-refractivity contribution >= 4 is 39.8 Å². The minimum Gasteiger partial charge on any atom is -0.380 e. The highest BCUT2D eigenvalue weighted by molar-refractivity contribution is 6.31. The van der Waals surface area contributed by atoms with E-state index in [1.165, 1.54) is 0 Å². The molecule has 0 radical (unpaired) electrons. The standard InChI is InChI=1S/C25H22ClN3O/c1-16-11-12-18(14-21(16)26)15-27-23-13-17(2)28-24-20(23)9-6-10-22(24)29-25(30)19-7-4-3-5-8-19/h3-14H,15H2,1-2H3,(H,27,28)(H,29,30). The van der Waals surface area contributed by atoms with Gasteiger partial charge in [0.25, 0.3) is 5.91 Å². The van der Waals surface area contributed by atoms with Gasteiger partial charge in [0.05, 0.1) is 11.2 Å². The van der Waals surface area contributed by atoms with E-state index < -0.39 is 0 Å². The summed E-state index contributed by atoms with van der Waals surface area (Å²) >= 11 is 6.26. The number of aromatic nitrogens is 1. The van der Waals surface area contributed by atoms with Gasteiger partial charge in [-0.15, -0.1) is 0 Å². The lowest BCUT2D eigenvalue weighted by atomic mass is 10.1. The van der Waals surface area contributed by atoms with E-state index in [2.05, 4.69) is 21.7 Å². The van der Waals surface area contributed by atoms with Crippen molar-refractivity contribution in [2.75, 3.05) is 10.6 Å². The van der Waals surface area contributed by atoms with E-state index in [0.29, 0.717) is 17.8 Å². The van der Waals surface area contributed by atoms with E-state index in [1.54, 1.807) is 12.1 Å². The van der Waals surface area contributed by atoms with E-state index in [9.17, 15) is 4.79 Å². The summed E-state index contributed by atoms with van der Waals surface area (Å²) in [6.07, 6.45) is 0. The summed E-state index contributed by atoms with van der Waals surface area (Å²) in [7, 11) is 0. The van der Waals surface area contributed by atoms with Gasteiger partial charge < -0.3 is 10.6 Å². The molecule has 150 valence electrons. The highest BCUT2D eigenvalue weighted by Gasteiger charge is 2.12. The van der Waals surface area contributed by atoms with Gasteiger partial charge in [0.1, 0.15) is 0 Å². The zero-order valence-corrected chi connectivity index (χ0v) is 17.6. The number of fused-ring (bicyclic) bond motifs is 1. The number of para-hydroxylation sites is 1. The van der Waals surface area contributed by atoms with Crippen LogP contribution in [0, 0.1) is 13.8 Å². The van der Waals surface area contributed by atoms with Gasteiger partial charge in [-0.3, -0.25) is 9.78 Å². The molecule has 1 amide bonds. The Morgan fingerprint density at radius 1 is 0.933 bits per heavy atom. The van der Waals surface area contributed by atoms with Gasteiger partial charge in [-0.25, -0.2) is 0 Å². The second-order valence-electron chi connectivity index (χ2n) is 7.27. The summed E-state index contributed by atoms with van der Waals surface area (Å²) in [6.45, 7) is 4.58. The van der Waals surface area contributed by atoms with E-state index in [0.717, 1.165) is 38.4 Å². The van der Waals surface area contributed by atoms with Crippen molar-refractivity contribution in [2.45, 2.75) is 20.4 Å². The van der Waals surface area contributed by atoms with Crippen molar-refractivity contribution in [1.82, 2.24) is 4.98 Å². The lowest BCUT2D eigenvalue weighted by Crippen LogP contribution is -2.12. The minimum atomic E-state index is -0.157. The van der Waals surface area contributed by atoms with Crippen LogP contribution in [0.15, 0.2) is 72.8 Å². The molecular formula is C25H22ClN3O. The normalized spacial score (nSPS) is 10.8. The predicted octanol–water partition coefficient (Wildman–Crippen LogP) is 6.37. The van der Waals surface area contributed by atoms with Crippen molar-refractivity contribution in [1.29, 1.82) is 0 Å². The molecule has 0 saturated heterocycles. The van der Waals surface area contributed by atoms with Gasteiger partial charge in [-0.05, 0) is 55.3 Å². The first-order chi connectivity index (χ1) is 14.5. The monoisotopic (exact) mass is 415 g/mol. The van der Waals surface area contributed by atoms with E-state index in [-0.39, 0.29) is 5.91 Å². The third-order valence-electron chi connectivity index (χ3n) is 4.97. The average Bonchev–Trinajstić information content (AvgIpc) is 2.75. The molecule has 30 heavy (non-hydrogen) atoms. The number of rotatable bonds is 5. The molecule has 4 aromatic rings. The largest absolute Gasteiger partial charge is 0.380 e. The number of amides is 1. The Balaban J connectivity index is 1.64. The zero-order valence-electron chi connectivity index (χ0n) is 16.9. The first-order valence-corrected chi connectivity index (χ1v) is 10.1. The number of anilines is 2. The van der Waals surface area contributed by atoms with Crippen LogP contribution < -0.4 is 10.6 Å². The van der Waals surface area contributed by atoms with Crippen molar-refractivity contribution in [3.8, 4) is 0 Å². The van der Waals surface area contributed by atoms with Gasteiger partial charge >= 0.3 is 0 Å². The molecule has 4 rings (SSSR count). The number of nitrogens with zero attached hydrogens (tertiary/aromatic N) is 1. The molecule has 0 aliphatic heterocycles. The third-order valence-corrected chi connectivity index (χ3v) is 5.38. The average molecular weight is 416 g/mol. The SMILES string of the molecule is Cc1cc(NCc2ccc(C)c(Cl)c2)c2cccc(NC(=O)c3ccccc3)c2n1. The fraction of sp³-hybridized carbons (Fsp3) is 0.120. The smallest absolute Gasteiger partial charge is 0.255 e. The number of carbonyl (C=O) groups excluding carboxylic acids is 1. The molecule has 0 aliphatic rings. The van der Waals surface area contributed by atoms with E-state index in [1.807, 2.05) is 68.4 Å². The number of aryl methyl sites for hydroxylation is 2. The van der Waals surface area contributed by atoms with Crippen molar-refractivity contribution in [3.05, 3.63) is 100 Å². The highest BCUT2D eigenvalue weighted by Crippen LogP contribution is 2.29. The quantitative estimate of drug-likeness (QED) is 0.398. The minimum absolute atomic E-state index is 0.157. The van der Waals surface area contributed by atoms with Gasteiger partial charge in [-0.1, -0.05) is 54.1 Å². The maximum absolute atomic E-state index is 12.6. The Hall–Kier alpha value is -3.37. The second-order valence-corrected chi connectivity index (χ2v) is 7.68. The summed E-state index contributed by atoms with van der Waals surface area (Å²) in [4.78, 5) is 17.3. The van der Waals surface area contributed by atoms with Crippen LogP contribution >= 0.6 is 11.6 Å². The number of halogens is 1. The summed E-state index contributed by atoms with van der Waals surface area (Å²) in [5.41, 5.74) is 6.04. The lowest BCUT2D eigenvalue weighted by molar-refractivity contribution is 0.102. The maximum atomic E-state index is 12.6.